The Morgan fingerprint density at radius 2 is 2.00 bits per heavy atom. The molecule has 1 amide bonds. The third-order valence-electron chi connectivity index (χ3n) is 6.10. The van der Waals surface area contributed by atoms with Gasteiger partial charge in [-0.1, -0.05) is 6.92 Å². The first-order valence-electron chi connectivity index (χ1n) is 10.7. The fourth-order valence-electron chi connectivity index (χ4n) is 4.83. The van der Waals surface area contributed by atoms with Crippen molar-refractivity contribution < 1.29 is 27.1 Å². The van der Waals surface area contributed by atoms with E-state index in [1.807, 2.05) is 4.90 Å². The van der Waals surface area contributed by atoms with E-state index in [4.69, 9.17) is 4.74 Å². The maximum Gasteiger partial charge on any atom is 0.406 e. The molecule has 0 atom stereocenters. The van der Waals surface area contributed by atoms with Crippen molar-refractivity contribution in [3.05, 3.63) is 35.9 Å². The number of amides is 1. The highest BCUT2D eigenvalue weighted by Gasteiger charge is 2.51. The Hall–Kier alpha value is -2.98. The van der Waals surface area contributed by atoms with Crippen LogP contribution in [0.1, 0.15) is 44.0 Å². The molecule has 0 N–H and O–H groups in total. The number of ether oxygens (including phenoxy) is 1. The fraction of sp³-hybridized carbons (Fsp3) is 0.545. The Balaban J connectivity index is 1.60. The summed E-state index contributed by atoms with van der Waals surface area (Å²) >= 11 is 0. The molecule has 0 bridgehead atoms. The second-order valence-corrected chi connectivity index (χ2v) is 9.34. The Kier molecular flexibility index (Phi) is 5.92. The van der Waals surface area contributed by atoms with Crippen LogP contribution in [0.25, 0.3) is 0 Å². The number of benzene rings is 1. The monoisotopic (exact) mass is 467 g/mol. The molecular weight excluding hydrogens is 442 g/mol. The van der Waals surface area contributed by atoms with Crippen molar-refractivity contribution in [3.63, 3.8) is 0 Å². The lowest BCUT2D eigenvalue weighted by Crippen LogP contribution is -2.62. The smallest absolute Gasteiger partial charge is 0.406 e. The highest BCUT2D eigenvalue weighted by Crippen LogP contribution is 2.53. The highest BCUT2D eigenvalue weighted by molar-refractivity contribution is 5.97. The van der Waals surface area contributed by atoms with Gasteiger partial charge in [-0.15, -0.1) is 10.2 Å². The molecule has 1 saturated carbocycles. The molecule has 11 heteroatoms. The maximum atomic E-state index is 14.0. The normalized spacial score (nSPS) is 17.6. The van der Waals surface area contributed by atoms with E-state index in [-0.39, 0.29) is 22.6 Å². The van der Waals surface area contributed by atoms with E-state index in [1.54, 1.807) is 0 Å². The molecule has 2 fully saturated rings. The Morgan fingerprint density at radius 1 is 1.30 bits per heavy atom. The summed E-state index contributed by atoms with van der Waals surface area (Å²) in [5.74, 6) is -0.768. The van der Waals surface area contributed by atoms with E-state index in [9.17, 15) is 22.4 Å². The van der Waals surface area contributed by atoms with Crippen molar-refractivity contribution in [2.24, 2.45) is 11.3 Å². The molecule has 0 radical (unpaired) electrons. The average molecular weight is 467 g/mol. The van der Waals surface area contributed by atoms with Crippen LogP contribution in [0, 0.1) is 17.2 Å². The van der Waals surface area contributed by atoms with Gasteiger partial charge in [0.15, 0.2) is 5.82 Å². The maximum absolute atomic E-state index is 14.0. The van der Waals surface area contributed by atoms with Crippen molar-refractivity contribution >= 4 is 11.7 Å². The zero-order chi connectivity index (χ0) is 24.0. The number of hydrogen-bond acceptors (Lipinski definition) is 6. The lowest BCUT2D eigenvalue weighted by Gasteiger charge is -2.58. The van der Waals surface area contributed by atoms with E-state index in [0.29, 0.717) is 16.6 Å². The number of nitrogens with zero attached hydrogens (tertiary/aromatic N) is 5. The third kappa shape index (κ3) is 4.86. The third-order valence-corrected chi connectivity index (χ3v) is 6.10. The molecule has 1 aromatic heterocycles. The summed E-state index contributed by atoms with van der Waals surface area (Å²) in [6, 6.07) is 2.35. The van der Waals surface area contributed by atoms with E-state index >= 15 is 0 Å². The lowest BCUT2D eigenvalue weighted by atomic mass is 9.58. The largest absolute Gasteiger partial charge is 0.434 e. The van der Waals surface area contributed by atoms with Gasteiger partial charge < -0.3 is 14.5 Å². The SMILES string of the molecule is CC1CC2(C1)CN(c1ncnnc1Oc1ccc(F)cc1C(=O)N(CC(F)(F)F)C(C)C)C2. The predicted octanol–water partition coefficient (Wildman–Crippen LogP) is 4.45. The first-order valence-corrected chi connectivity index (χ1v) is 10.7. The van der Waals surface area contributed by atoms with Gasteiger partial charge in [-0.25, -0.2) is 9.37 Å². The van der Waals surface area contributed by atoms with Crippen molar-refractivity contribution in [2.45, 2.75) is 45.8 Å². The molecule has 1 spiro atoms. The number of halogens is 4. The second kappa shape index (κ2) is 8.42. The van der Waals surface area contributed by atoms with Gasteiger partial charge >= 0.3 is 6.18 Å². The van der Waals surface area contributed by atoms with Crippen LogP contribution in [-0.4, -0.2) is 57.8 Å². The molecule has 33 heavy (non-hydrogen) atoms. The average Bonchev–Trinajstić information content (AvgIpc) is 2.68. The van der Waals surface area contributed by atoms with Crippen LogP contribution in [0.2, 0.25) is 0 Å². The number of aromatic nitrogens is 3. The lowest BCUT2D eigenvalue weighted by molar-refractivity contribution is -0.143. The number of rotatable bonds is 6. The molecule has 0 unspecified atom stereocenters. The van der Waals surface area contributed by atoms with Gasteiger partial charge in [0.1, 0.15) is 24.4 Å². The molecular formula is C22H25F4N5O2. The zero-order valence-electron chi connectivity index (χ0n) is 18.6. The highest BCUT2D eigenvalue weighted by atomic mass is 19.4. The summed E-state index contributed by atoms with van der Waals surface area (Å²) in [6.07, 6.45) is -1.06. The number of alkyl halides is 3. The molecule has 2 aliphatic rings. The van der Waals surface area contributed by atoms with Crippen LogP contribution in [0.4, 0.5) is 23.4 Å². The number of anilines is 1. The van der Waals surface area contributed by atoms with E-state index in [0.717, 1.165) is 38.1 Å². The summed E-state index contributed by atoms with van der Waals surface area (Å²) < 4.78 is 58.9. The van der Waals surface area contributed by atoms with E-state index in [2.05, 4.69) is 22.1 Å². The van der Waals surface area contributed by atoms with E-state index < -0.39 is 30.5 Å². The molecule has 1 aromatic carbocycles. The van der Waals surface area contributed by atoms with Crippen molar-refractivity contribution in [1.29, 1.82) is 0 Å². The minimum absolute atomic E-state index is 0.00676. The minimum Gasteiger partial charge on any atom is -0.434 e. The van der Waals surface area contributed by atoms with Gasteiger partial charge in [0.2, 0.25) is 0 Å². The summed E-state index contributed by atoms with van der Waals surface area (Å²) in [4.78, 5) is 19.9. The molecule has 178 valence electrons. The Labute approximate surface area is 188 Å². The molecule has 7 nitrogen and oxygen atoms in total. The van der Waals surface area contributed by atoms with Crippen molar-refractivity contribution in [3.8, 4) is 11.6 Å². The fourth-order valence-corrected chi connectivity index (χ4v) is 4.83. The van der Waals surface area contributed by atoms with Gasteiger partial charge in [-0.05, 0) is 50.8 Å². The van der Waals surface area contributed by atoms with E-state index in [1.165, 1.54) is 26.2 Å². The van der Waals surface area contributed by atoms with Crippen LogP contribution in [0.15, 0.2) is 24.5 Å². The second-order valence-electron chi connectivity index (χ2n) is 9.34. The number of carbonyl (C=O) groups excluding carboxylic acids is 1. The van der Waals surface area contributed by atoms with Crippen LogP contribution in [-0.2, 0) is 0 Å². The van der Waals surface area contributed by atoms with Crippen molar-refractivity contribution in [1.82, 2.24) is 20.1 Å². The summed E-state index contributed by atoms with van der Waals surface area (Å²) in [6.45, 7) is 5.22. The summed E-state index contributed by atoms with van der Waals surface area (Å²) in [7, 11) is 0. The van der Waals surface area contributed by atoms with Crippen LogP contribution < -0.4 is 9.64 Å². The van der Waals surface area contributed by atoms with Crippen LogP contribution >= 0.6 is 0 Å². The number of carbonyl (C=O) groups is 1. The summed E-state index contributed by atoms with van der Waals surface area (Å²) in [5, 5.41) is 7.71. The quantitative estimate of drug-likeness (QED) is 0.585. The summed E-state index contributed by atoms with van der Waals surface area (Å²) in [5.41, 5.74) is -0.0639. The Morgan fingerprint density at radius 3 is 2.61 bits per heavy atom. The van der Waals surface area contributed by atoms with Gasteiger partial charge in [-0.3, -0.25) is 4.79 Å². The molecule has 2 heterocycles. The molecule has 4 rings (SSSR count). The molecule has 1 saturated heterocycles. The Bertz CT molecular complexity index is 1030. The number of hydrogen-bond donors (Lipinski definition) is 0. The zero-order valence-corrected chi connectivity index (χ0v) is 18.6. The van der Waals surface area contributed by atoms with Gasteiger partial charge in [0, 0.05) is 24.5 Å². The minimum atomic E-state index is -4.61. The van der Waals surface area contributed by atoms with Crippen molar-refractivity contribution in [2.75, 3.05) is 24.5 Å². The molecule has 1 aliphatic heterocycles. The predicted molar refractivity (Wildman–Crippen MR) is 112 cm³/mol. The first kappa shape index (κ1) is 23.2. The molecule has 2 aromatic rings. The van der Waals surface area contributed by atoms with Gasteiger partial charge in [0.05, 0.1) is 5.56 Å². The topological polar surface area (TPSA) is 71.5 Å². The van der Waals surface area contributed by atoms with Gasteiger partial charge in [0.25, 0.3) is 11.8 Å². The first-order chi connectivity index (χ1) is 15.5. The van der Waals surface area contributed by atoms with Gasteiger partial charge in [-0.2, -0.15) is 13.2 Å². The molecule has 1 aliphatic carbocycles. The standard InChI is InChI=1S/C22H25F4N5O2/c1-13(2)31(11-22(24,25)26)20(32)16-6-15(23)4-5-17(16)33-19-18(27-12-28-29-19)30-9-21(10-30)7-14(3)8-21/h4-6,12-14H,7-11H2,1-3H3. The van der Waals surface area contributed by atoms with Crippen LogP contribution in [0.5, 0.6) is 11.6 Å². The van der Waals surface area contributed by atoms with Crippen LogP contribution in [0.3, 0.4) is 0 Å².